The lowest BCUT2D eigenvalue weighted by molar-refractivity contribution is -0.141. The van der Waals surface area contributed by atoms with Crippen LogP contribution in [0.2, 0.25) is 0 Å². The fraction of sp³-hybridized carbons (Fsp3) is 0.231. The Morgan fingerprint density at radius 1 is 1.29 bits per heavy atom. The Hall–Kier alpha value is -2.77. The van der Waals surface area contributed by atoms with Crippen molar-refractivity contribution < 1.29 is 24.2 Å². The van der Waals surface area contributed by atoms with E-state index in [0.717, 1.165) is 16.8 Å². The van der Waals surface area contributed by atoms with E-state index in [4.69, 9.17) is 5.11 Å². The van der Waals surface area contributed by atoms with Crippen molar-refractivity contribution in [1.29, 1.82) is 0 Å². The van der Waals surface area contributed by atoms with E-state index >= 15 is 0 Å². The zero-order chi connectivity index (χ0) is 15.6. The molecule has 0 aliphatic heterocycles. The molecule has 2 N–H and O–H groups in total. The maximum Gasteiger partial charge on any atom is 0.358 e. The third kappa shape index (κ3) is 2.73. The largest absolute Gasteiger partial charge is 0.480 e. The van der Waals surface area contributed by atoms with Crippen molar-refractivity contribution in [2.45, 2.75) is 19.4 Å². The first-order valence-electron chi connectivity index (χ1n) is 6.13. The predicted octanol–water partition coefficient (Wildman–Crippen LogP) is 1.82. The third-order valence-electron chi connectivity index (χ3n) is 2.98. The van der Waals surface area contributed by atoms with Crippen molar-refractivity contribution in [3.05, 3.63) is 35.8 Å². The molecule has 21 heavy (non-hydrogen) atoms. The molecule has 0 radical (unpaired) electrons. The number of carbonyl (C=O) groups is 2. The first kappa shape index (κ1) is 14.6. The van der Waals surface area contributed by atoms with Gasteiger partial charge in [-0.1, -0.05) is 12.1 Å². The number of benzene rings is 1. The summed E-state index contributed by atoms with van der Waals surface area (Å²) in [5.74, 6) is -2.97. The molecule has 1 aromatic heterocycles. The van der Waals surface area contributed by atoms with Crippen LogP contribution in [0.4, 0.5) is 4.39 Å². The predicted molar refractivity (Wildman–Crippen MR) is 69.3 cm³/mol. The van der Waals surface area contributed by atoms with Gasteiger partial charge >= 0.3 is 11.9 Å². The summed E-state index contributed by atoms with van der Waals surface area (Å²) in [5.41, 5.74) is -0.00319. The zero-order valence-electron chi connectivity index (χ0n) is 11.0. The van der Waals surface area contributed by atoms with Gasteiger partial charge < -0.3 is 10.2 Å². The average Bonchev–Trinajstić information content (AvgIpc) is 2.85. The molecule has 0 bridgehead atoms. The molecule has 7 nitrogen and oxygen atoms in total. The van der Waals surface area contributed by atoms with Gasteiger partial charge in [-0.25, -0.2) is 18.7 Å². The van der Waals surface area contributed by atoms with Crippen LogP contribution in [0.1, 0.15) is 29.9 Å². The molecule has 0 fully saturated rings. The molecule has 2 aromatic rings. The topological polar surface area (TPSA) is 105 Å². The van der Waals surface area contributed by atoms with Crippen LogP contribution in [0.3, 0.4) is 0 Å². The highest BCUT2D eigenvalue weighted by molar-refractivity contribution is 5.93. The minimum Gasteiger partial charge on any atom is -0.480 e. The Morgan fingerprint density at radius 2 is 1.90 bits per heavy atom. The van der Waals surface area contributed by atoms with Crippen molar-refractivity contribution >= 4 is 11.9 Å². The van der Waals surface area contributed by atoms with Crippen LogP contribution in [-0.4, -0.2) is 37.1 Å². The molecule has 110 valence electrons. The molecule has 0 saturated carbocycles. The molecule has 8 heteroatoms. The summed E-state index contributed by atoms with van der Waals surface area (Å²) in [5, 5.41) is 25.5. The Balaban J connectivity index is 2.65. The van der Waals surface area contributed by atoms with Crippen molar-refractivity contribution in [2.75, 3.05) is 0 Å². The second kappa shape index (κ2) is 5.70. The Labute approximate surface area is 118 Å². The Morgan fingerprint density at radius 3 is 2.38 bits per heavy atom. The van der Waals surface area contributed by atoms with Crippen LogP contribution in [0.25, 0.3) is 11.3 Å². The normalized spacial score (nSPS) is 12.1. The van der Waals surface area contributed by atoms with Crippen LogP contribution in [0, 0.1) is 5.82 Å². The standard InChI is InChI=1S/C13H12FN3O4/c1-2-9(12(18)19)17-11(10(13(20)21)15-16-17)7-3-5-8(14)6-4-7/h3-6,9H,2H2,1H3,(H,18,19)(H,20,21). The number of hydrogen-bond donors (Lipinski definition) is 2. The summed E-state index contributed by atoms with van der Waals surface area (Å²) in [6.07, 6.45) is 0.200. The van der Waals surface area contributed by atoms with E-state index in [1.165, 1.54) is 12.1 Å². The van der Waals surface area contributed by atoms with Crippen molar-refractivity contribution in [2.24, 2.45) is 0 Å². The Kier molecular flexibility index (Phi) is 3.97. The first-order valence-corrected chi connectivity index (χ1v) is 6.13. The van der Waals surface area contributed by atoms with E-state index in [-0.39, 0.29) is 17.8 Å². The number of aliphatic carboxylic acids is 1. The highest BCUT2D eigenvalue weighted by atomic mass is 19.1. The molecular weight excluding hydrogens is 281 g/mol. The summed E-state index contributed by atoms with van der Waals surface area (Å²) < 4.78 is 14.0. The maximum atomic E-state index is 13.0. The van der Waals surface area contributed by atoms with Gasteiger partial charge in [0.25, 0.3) is 0 Å². The number of aromatic nitrogens is 3. The fourth-order valence-electron chi connectivity index (χ4n) is 1.98. The van der Waals surface area contributed by atoms with Gasteiger partial charge in [0.2, 0.25) is 0 Å². The van der Waals surface area contributed by atoms with E-state index in [0.29, 0.717) is 5.56 Å². The second-order valence-corrected chi connectivity index (χ2v) is 4.31. The molecule has 0 saturated heterocycles. The molecule has 1 aromatic carbocycles. The van der Waals surface area contributed by atoms with E-state index in [2.05, 4.69) is 10.3 Å². The van der Waals surface area contributed by atoms with Gasteiger partial charge in [-0.05, 0) is 30.7 Å². The molecule has 0 aliphatic carbocycles. The highest BCUT2D eigenvalue weighted by Gasteiger charge is 2.27. The average molecular weight is 293 g/mol. The Bertz CT molecular complexity index is 681. The van der Waals surface area contributed by atoms with Crippen molar-refractivity contribution in [1.82, 2.24) is 15.0 Å². The van der Waals surface area contributed by atoms with Crippen molar-refractivity contribution in [3.63, 3.8) is 0 Å². The number of halogens is 1. The smallest absolute Gasteiger partial charge is 0.358 e. The third-order valence-corrected chi connectivity index (χ3v) is 2.98. The lowest BCUT2D eigenvalue weighted by Gasteiger charge is -2.13. The van der Waals surface area contributed by atoms with Crippen molar-refractivity contribution in [3.8, 4) is 11.3 Å². The molecule has 1 unspecified atom stereocenters. The number of aromatic carboxylic acids is 1. The van der Waals surface area contributed by atoms with Gasteiger partial charge in [0.05, 0.1) is 0 Å². The molecule has 2 rings (SSSR count). The maximum absolute atomic E-state index is 13.0. The van der Waals surface area contributed by atoms with Crippen LogP contribution < -0.4 is 0 Å². The summed E-state index contributed by atoms with van der Waals surface area (Å²) in [4.78, 5) is 22.5. The lowest BCUT2D eigenvalue weighted by Crippen LogP contribution is -2.20. The summed E-state index contributed by atoms with van der Waals surface area (Å²) in [6, 6.07) is 3.96. The lowest BCUT2D eigenvalue weighted by atomic mass is 10.1. The quantitative estimate of drug-likeness (QED) is 0.871. The van der Waals surface area contributed by atoms with Crippen LogP contribution in [0.5, 0.6) is 0 Å². The zero-order valence-corrected chi connectivity index (χ0v) is 11.0. The van der Waals surface area contributed by atoms with Gasteiger partial charge in [0, 0.05) is 5.56 Å². The van der Waals surface area contributed by atoms with E-state index in [9.17, 15) is 19.1 Å². The highest BCUT2D eigenvalue weighted by Crippen LogP contribution is 2.26. The van der Waals surface area contributed by atoms with Gasteiger partial charge in [-0.2, -0.15) is 0 Å². The number of hydrogen-bond acceptors (Lipinski definition) is 4. The second-order valence-electron chi connectivity index (χ2n) is 4.31. The molecule has 0 aliphatic rings. The minimum absolute atomic E-state index is 0.0387. The molecule has 0 amide bonds. The molecule has 1 atom stereocenters. The van der Waals surface area contributed by atoms with Gasteiger partial charge in [0.1, 0.15) is 11.5 Å². The van der Waals surface area contributed by atoms with Gasteiger partial charge in [0.15, 0.2) is 11.7 Å². The number of carboxylic acid groups (broad SMARTS) is 2. The molecule has 1 heterocycles. The van der Waals surface area contributed by atoms with E-state index in [1.807, 2.05) is 0 Å². The fourth-order valence-corrected chi connectivity index (χ4v) is 1.98. The van der Waals surface area contributed by atoms with E-state index < -0.39 is 23.8 Å². The number of rotatable bonds is 5. The number of nitrogens with zero attached hydrogens (tertiary/aromatic N) is 3. The van der Waals surface area contributed by atoms with Gasteiger partial charge in [-0.15, -0.1) is 5.10 Å². The van der Waals surface area contributed by atoms with Crippen LogP contribution in [0.15, 0.2) is 24.3 Å². The van der Waals surface area contributed by atoms with E-state index in [1.54, 1.807) is 6.92 Å². The first-order chi connectivity index (χ1) is 9.95. The molecule has 0 spiro atoms. The SMILES string of the molecule is CCC(C(=O)O)n1nnc(C(=O)O)c1-c1ccc(F)cc1. The molecular formula is C13H12FN3O4. The van der Waals surface area contributed by atoms with Gasteiger partial charge in [-0.3, -0.25) is 0 Å². The minimum atomic E-state index is -1.33. The van der Waals surface area contributed by atoms with Crippen LogP contribution >= 0.6 is 0 Å². The summed E-state index contributed by atoms with van der Waals surface area (Å²) >= 11 is 0. The number of carboxylic acids is 2. The van der Waals surface area contributed by atoms with Crippen LogP contribution in [-0.2, 0) is 4.79 Å². The summed E-state index contributed by atoms with van der Waals surface area (Å²) in [6.45, 7) is 1.63. The summed E-state index contributed by atoms with van der Waals surface area (Å²) in [7, 11) is 0. The monoisotopic (exact) mass is 293 g/mol.